The van der Waals surface area contributed by atoms with Crippen molar-refractivity contribution in [3.8, 4) is 33.8 Å². The first-order chi connectivity index (χ1) is 15.6. The van der Waals surface area contributed by atoms with Crippen LogP contribution in [0.4, 0.5) is 0 Å². The molecule has 160 valence electrons. The van der Waals surface area contributed by atoms with E-state index in [0.717, 1.165) is 63.6 Å². The quantitative estimate of drug-likeness (QED) is 0.446. The Morgan fingerprint density at radius 1 is 0.938 bits per heavy atom. The van der Waals surface area contributed by atoms with Crippen molar-refractivity contribution in [2.45, 2.75) is 13.5 Å². The van der Waals surface area contributed by atoms with Crippen molar-refractivity contribution in [2.75, 3.05) is 20.6 Å². The minimum absolute atomic E-state index is 0.824. The summed E-state index contributed by atoms with van der Waals surface area (Å²) in [5, 5.41) is 11.8. The summed E-state index contributed by atoms with van der Waals surface area (Å²) in [6, 6.07) is 12.0. The number of rotatable bonds is 6. The van der Waals surface area contributed by atoms with Crippen molar-refractivity contribution in [3.05, 3.63) is 66.9 Å². The summed E-state index contributed by atoms with van der Waals surface area (Å²) in [5.74, 6) is 0. The van der Waals surface area contributed by atoms with E-state index < -0.39 is 0 Å². The lowest BCUT2D eigenvalue weighted by molar-refractivity contribution is 0.373. The van der Waals surface area contributed by atoms with Gasteiger partial charge in [-0.25, -0.2) is 4.98 Å². The number of nitrogens with zero attached hydrogens (tertiary/aromatic N) is 7. The van der Waals surface area contributed by atoms with Crippen LogP contribution in [0.25, 0.3) is 44.8 Å². The Morgan fingerprint density at radius 3 is 2.69 bits per heavy atom. The van der Waals surface area contributed by atoms with Gasteiger partial charge in [0.1, 0.15) is 0 Å². The number of fused-ring (bicyclic) bond motifs is 1. The molecular weight excluding hydrogens is 400 g/mol. The molecule has 0 radical (unpaired) electrons. The summed E-state index contributed by atoms with van der Waals surface area (Å²) < 4.78 is 1.95. The molecule has 5 aromatic heterocycles. The molecule has 0 bridgehead atoms. The summed E-state index contributed by atoms with van der Waals surface area (Å²) in [7, 11) is 4.11. The summed E-state index contributed by atoms with van der Waals surface area (Å²) in [6.45, 7) is 3.75. The van der Waals surface area contributed by atoms with Crippen LogP contribution in [-0.2, 0) is 6.54 Å². The number of hydrogen-bond donors (Lipinski definition) is 1. The van der Waals surface area contributed by atoms with Crippen LogP contribution in [0.3, 0.4) is 0 Å². The van der Waals surface area contributed by atoms with Crippen LogP contribution >= 0.6 is 0 Å². The van der Waals surface area contributed by atoms with Crippen molar-refractivity contribution < 1.29 is 0 Å². The van der Waals surface area contributed by atoms with Gasteiger partial charge < -0.3 is 4.90 Å². The number of aromatic amines is 1. The van der Waals surface area contributed by atoms with E-state index in [1.165, 1.54) is 0 Å². The molecule has 0 atom stereocenters. The Morgan fingerprint density at radius 2 is 1.84 bits per heavy atom. The van der Waals surface area contributed by atoms with E-state index in [1.54, 1.807) is 6.20 Å². The number of hydrogen-bond acceptors (Lipinski definition) is 6. The highest BCUT2D eigenvalue weighted by Crippen LogP contribution is 2.30. The average molecular weight is 425 g/mol. The van der Waals surface area contributed by atoms with E-state index in [0.29, 0.717) is 0 Å². The lowest BCUT2D eigenvalue weighted by Gasteiger charge is -2.08. The van der Waals surface area contributed by atoms with E-state index in [1.807, 2.05) is 60.5 Å². The predicted molar refractivity (Wildman–Crippen MR) is 125 cm³/mol. The SMILES string of the molecule is Cc1cccc(-c2[nH]ncc2-c2ccc3ncc(-c4cnn(CCN(C)C)c4)cc3n2)n1. The Bertz CT molecular complexity index is 1380. The summed E-state index contributed by atoms with van der Waals surface area (Å²) in [5.41, 5.74) is 8.07. The zero-order valence-electron chi connectivity index (χ0n) is 18.3. The molecule has 5 heterocycles. The summed E-state index contributed by atoms with van der Waals surface area (Å²) >= 11 is 0. The summed E-state index contributed by atoms with van der Waals surface area (Å²) in [4.78, 5) is 16.3. The minimum atomic E-state index is 0.824. The highest BCUT2D eigenvalue weighted by molar-refractivity contribution is 5.84. The first-order valence-corrected chi connectivity index (χ1v) is 10.5. The van der Waals surface area contributed by atoms with Gasteiger partial charge in [0.25, 0.3) is 0 Å². The minimum Gasteiger partial charge on any atom is -0.308 e. The molecule has 0 spiro atoms. The van der Waals surface area contributed by atoms with Gasteiger partial charge >= 0.3 is 0 Å². The third-order valence-corrected chi connectivity index (χ3v) is 5.34. The second-order valence-electron chi connectivity index (χ2n) is 8.08. The Labute approximate surface area is 186 Å². The normalized spacial score (nSPS) is 11.5. The molecule has 0 amide bonds. The lowest BCUT2D eigenvalue weighted by Crippen LogP contribution is -2.18. The van der Waals surface area contributed by atoms with Crippen molar-refractivity contribution >= 4 is 11.0 Å². The molecule has 32 heavy (non-hydrogen) atoms. The van der Waals surface area contributed by atoms with E-state index in [-0.39, 0.29) is 0 Å². The monoisotopic (exact) mass is 424 g/mol. The van der Waals surface area contributed by atoms with Crippen molar-refractivity contribution in [3.63, 3.8) is 0 Å². The van der Waals surface area contributed by atoms with Crippen LogP contribution in [0.1, 0.15) is 5.69 Å². The fourth-order valence-electron chi connectivity index (χ4n) is 3.61. The number of H-pyrrole nitrogens is 1. The number of nitrogens with one attached hydrogen (secondary N) is 1. The largest absolute Gasteiger partial charge is 0.308 e. The van der Waals surface area contributed by atoms with E-state index >= 15 is 0 Å². The number of aromatic nitrogens is 7. The van der Waals surface area contributed by atoms with E-state index in [9.17, 15) is 0 Å². The van der Waals surface area contributed by atoms with Gasteiger partial charge in [-0.1, -0.05) is 6.07 Å². The van der Waals surface area contributed by atoms with Crippen LogP contribution in [0.5, 0.6) is 0 Å². The fraction of sp³-hybridized carbons (Fsp3) is 0.208. The molecule has 0 aliphatic carbocycles. The van der Waals surface area contributed by atoms with Crippen LogP contribution in [-0.4, -0.2) is 60.5 Å². The molecule has 5 aromatic rings. The second-order valence-corrected chi connectivity index (χ2v) is 8.08. The molecule has 0 aromatic carbocycles. The molecule has 0 aliphatic heterocycles. The first kappa shape index (κ1) is 20.0. The van der Waals surface area contributed by atoms with Crippen LogP contribution < -0.4 is 0 Å². The summed E-state index contributed by atoms with van der Waals surface area (Å²) in [6.07, 6.45) is 7.59. The first-order valence-electron chi connectivity index (χ1n) is 10.5. The molecular formula is C24H24N8. The highest BCUT2D eigenvalue weighted by Gasteiger charge is 2.14. The van der Waals surface area contributed by atoms with Crippen LogP contribution in [0, 0.1) is 6.92 Å². The number of aryl methyl sites for hydroxylation is 1. The van der Waals surface area contributed by atoms with Gasteiger partial charge in [-0.3, -0.25) is 19.7 Å². The second kappa shape index (κ2) is 8.32. The zero-order chi connectivity index (χ0) is 22.1. The van der Waals surface area contributed by atoms with Crippen molar-refractivity contribution in [1.82, 2.24) is 39.8 Å². The van der Waals surface area contributed by atoms with Crippen molar-refractivity contribution in [1.29, 1.82) is 0 Å². The molecule has 0 aliphatic rings. The molecule has 1 N–H and O–H groups in total. The van der Waals surface area contributed by atoms with Gasteiger partial charge in [0, 0.05) is 41.3 Å². The lowest BCUT2D eigenvalue weighted by atomic mass is 10.1. The molecule has 0 saturated carbocycles. The number of likely N-dealkylation sites (N-methyl/N-ethyl adjacent to an activating group) is 1. The van der Waals surface area contributed by atoms with Gasteiger partial charge in [0.2, 0.25) is 0 Å². The topological polar surface area (TPSA) is 88.4 Å². The Balaban J connectivity index is 1.50. The maximum absolute atomic E-state index is 4.89. The smallest absolute Gasteiger partial charge is 0.0928 e. The molecule has 8 heteroatoms. The van der Waals surface area contributed by atoms with E-state index in [4.69, 9.17) is 4.98 Å². The highest BCUT2D eigenvalue weighted by atomic mass is 15.3. The predicted octanol–water partition coefficient (Wildman–Crippen LogP) is 3.82. The fourth-order valence-corrected chi connectivity index (χ4v) is 3.61. The third kappa shape index (κ3) is 4.00. The van der Waals surface area contributed by atoms with Crippen molar-refractivity contribution in [2.24, 2.45) is 0 Å². The molecule has 0 unspecified atom stereocenters. The van der Waals surface area contributed by atoms with Gasteiger partial charge in [-0.05, 0) is 51.4 Å². The molecule has 5 rings (SSSR count). The maximum Gasteiger partial charge on any atom is 0.0928 e. The van der Waals surface area contributed by atoms with Gasteiger partial charge in [-0.2, -0.15) is 10.2 Å². The molecule has 0 fully saturated rings. The maximum atomic E-state index is 4.89. The third-order valence-electron chi connectivity index (χ3n) is 5.34. The van der Waals surface area contributed by atoms with E-state index in [2.05, 4.69) is 50.3 Å². The van der Waals surface area contributed by atoms with Crippen LogP contribution in [0.15, 0.2) is 61.2 Å². The Kier molecular flexibility index (Phi) is 5.20. The van der Waals surface area contributed by atoms with Crippen LogP contribution in [0.2, 0.25) is 0 Å². The van der Waals surface area contributed by atoms with Gasteiger partial charge in [0.05, 0.1) is 47.1 Å². The zero-order valence-corrected chi connectivity index (χ0v) is 18.3. The average Bonchev–Trinajstić information content (AvgIpc) is 3.47. The Hall–Kier alpha value is -3.91. The molecule has 8 nitrogen and oxygen atoms in total. The van der Waals surface area contributed by atoms with Gasteiger partial charge in [-0.15, -0.1) is 0 Å². The van der Waals surface area contributed by atoms with Gasteiger partial charge in [0.15, 0.2) is 0 Å². The standard InChI is InChI=1S/C24H24N8/c1-16-5-4-6-22(28-16)24-19(14-26-30-24)20-7-8-21-23(29-20)11-17(12-25-21)18-13-27-32(15-18)10-9-31(2)3/h4-8,11-15H,9-10H2,1-3H3,(H,26,30). The molecule has 0 saturated heterocycles. The number of pyridine rings is 3.